The SMILES string of the molecule is CC(O)(CN=C(N)N1CCCCC1)c1ccccc1Cl. The first-order chi connectivity index (χ1) is 9.50. The number of hydrogen-bond acceptors (Lipinski definition) is 2. The maximum absolute atomic E-state index is 10.5. The molecule has 0 amide bonds. The molecule has 4 nitrogen and oxygen atoms in total. The van der Waals surface area contributed by atoms with Gasteiger partial charge in [-0.2, -0.15) is 0 Å². The molecule has 1 fully saturated rings. The van der Waals surface area contributed by atoms with Gasteiger partial charge in [-0.3, -0.25) is 0 Å². The lowest BCUT2D eigenvalue weighted by Crippen LogP contribution is -2.41. The summed E-state index contributed by atoms with van der Waals surface area (Å²) >= 11 is 6.12. The second-order valence-corrected chi connectivity index (χ2v) is 5.88. The van der Waals surface area contributed by atoms with Crippen molar-refractivity contribution in [3.8, 4) is 0 Å². The summed E-state index contributed by atoms with van der Waals surface area (Å²) in [5, 5.41) is 11.1. The highest BCUT2D eigenvalue weighted by Gasteiger charge is 2.25. The first kappa shape index (κ1) is 15.1. The van der Waals surface area contributed by atoms with Crippen LogP contribution in [-0.4, -0.2) is 35.6 Å². The Morgan fingerprint density at radius 3 is 2.65 bits per heavy atom. The summed E-state index contributed by atoms with van der Waals surface area (Å²) < 4.78 is 0. The molecule has 5 heteroatoms. The molecule has 0 aliphatic carbocycles. The molecule has 1 unspecified atom stereocenters. The van der Waals surface area contributed by atoms with E-state index in [1.807, 2.05) is 18.2 Å². The number of aliphatic hydroxyl groups is 1. The van der Waals surface area contributed by atoms with Crippen LogP contribution in [0.2, 0.25) is 5.02 Å². The Morgan fingerprint density at radius 1 is 1.35 bits per heavy atom. The first-order valence-corrected chi connectivity index (χ1v) is 7.41. The predicted octanol–water partition coefficient (Wildman–Crippen LogP) is 2.35. The fourth-order valence-electron chi connectivity index (χ4n) is 2.44. The van der Waals surface area contributed by atoms with Crippen LogP contribution in [0.4, 0.5) is 0 Å². The van der Waals surface area contributed by atoms with Crippen molar-refractivity contribution in [1.82, 2.24) is 4.90 Å². The second kappa shape index (κ2) is 6.46. The zero-order valence-corrected chi connectivity index (χ0v) is 12.6. The normalized spacial score (nSPS) is 19.8. The molecular weight excluding hydrogens is 274 g/mol. The van der Waals surface area contributed by atoms with Crippen LogP contribution in [0, 0.1) is 0 Å². The van der Waals surface area contributed by atoms with E-state index < -0.39 is 5.60 Å². The van der Waals surface area contributed by atoms with Gasteiger partial charge < -0.3 is 15.7 Å². The highest BCUT2D eigenvalue weighted by molar-refractivity contribution is 6.31. The van der Waals surface area contributed by atoms with Crippen molar-refractivity contribution in [1.29, 1.82) is 0 Å². The predicted molar refractivity (Wildman–Crippen MR) is 82.9 cm³/mol. The average Bonchev–Trinajstić information content (AvgIpc) is 2.46. The molecule has 0 radical (unpaired) electrons. The third-order valence-electron chi connectivity index (χ3n) is 3.68. The largest absolute Gasteiger partial charge is 0.383 e. The molecule has 20 heavy (non-hydrogen) atoms. The smallest absolute Gasteiger partial charge is 0.191 e. The third kappa shape index (κ3) is 3.64. The minimum Gasteiger partial charge on any atom is -0.383 e. The van der Waals surface area contributed by atoms with Crippen LogP contribution in [0.15, 0.2) is 29.3 Å². The van der Waals surface area contributed by atoms with Crippen LogP contribution >= 0.6 is 11.6 Å². The van der Waals surface area contributed by atoms with E-state index in [0.717, 1.165) is 25.9 Å². The van der Waals surface area contributed by atoms with Gasteiger partial charge in [0.15, 0.2) is 5.96 Å². The standard InChI is InChI=1S/C15H22ClN3O/c1-15(20,12-7-3-4-8-13(12)16)11-18-14(17)19-9-5-2-6-10-19/h3-4,7-8,20H,2,5-6,9-11H2,1H3,(H2,17,18). The van der Waals surface area contributed by atoms with Gasteiger partial charge in [0.2, 0.25) is 0 Å². The lowest BCUT2D eigenvalue weighted by molar-refractivity contribution is 0.0671. The van der Waals surface area contributed by atoms with Gasteiger partial charge in [0, 0.05) is 23.7 Å². The van der Waals surface area contributed by atoms with Gasteiger partial charge in [-0.15, -0.1) is 0 Å². The van der Waals surface area contributed by atoms with E-state index in [1.54, 1.807) is 13.0 Å². The lowest BCUT2D eigenvalue weighted by Gasteiger charge is -2.29. The molecule has 1 aromatic carbocycles. The molecule has 2 rings (SSSR count). The number of nitrogens with two attached hydrogens (primary N) is 1. The zero-order chi connectivity index (χ0) is 14.6. The van der Waals surface area contributed by atoms with Crippen molar-refractivity contribution in [2.24, 2.45) is 10.7 Å². The van der Waals surface area contributed by atoms with E-state index in [4.69, 9.17) is 17.3 Å². The average molecular weight is 296 g/mol. The van der Waals surface area contributed by atoms with Crippen molar-refractivity contribution in [3.63, 3.8) is 0 Å². The number of halogens is 1. The Hall–Kier alpha value is -1.26. The number of rotatable bonds is 3. The minimum absolute atomic E-state index is 0.207. The van der Waals surface area contributed by atoms with Crippen LogP contribution in [-0.2, 0) is 5.60 Å². The van der Waals surface area contributed by atoms with Crippen LogP contribution < -0.4 is 5.73 Å². The van der Waals surface area contributed by atoms with Gasteiger partial charge >= 0.3 is 0 Å². The Labute approximate surface area is 125 Å². The van der Waals surface area contributed by atoms with Crippen LogP contribution in [0.1, 0.15) is 31.7 Å². The van der Waals surface area contributed by atoms with Gasteiger partial charge in [-0.1, -0.05) is 29.8 Å². The van der Waals surface area contributed by atoms with Crippen molar-refractivity contribution in [3.05, 3.63) is 34.9 Å². The Bertz CT molecular complexity index is 482. The highest BCUT2D eigenvalue weighted by atomic mass is 35.5. The number of guanidine groups is 1. The van der Waals surface area contributed by atoms with E-state index in [-0.39, 0.29) is 6.54 Å². The summed E-state index contributed by atoms with van der Waals surface area (Å²) in [5.74, 6) is 0.511. The summed E-state index contributed by atoms with van der Waals surface area (Å²) in [5.41, 5.74) is 5.57. The summed E-state index contributed by atoms with van der Waals surface area (Å²) in [6.07, 6.45) is 3.55. The zero-order valence-electron chi connectivity index (χ0n) is 11.8. The number of nitrogens with zero attached hydrogens (tertiary/aromatic N) is 2. The molecule has 1 saturated heterocycles. The maximum atomic E-state index is 10.5. The van der Waals surface area contributed by atoms with Gasteiger partial charge in [0.1, 0.15) is 5.60 Å². The molecular formula is C15H22ClN3O. The van der Waals surface area contributed by atoms with Crippen molar-refractivity contribution in [2.45, 2.75) is 31.8 Å². The molecule has 1 aliphatic heterocycles. The van der Waals surface area contributed by atoms with Crippen molar-refractivity contribution in [2.75, 3.05) is 19.6 Å². The van der Waals surface area contributed by atoms with Gasteiger partial charge in [-0.25, -0.2) is 4.99 Å². The molecule has 1 heterocycles. The van der Waals surface area contributed by atoms with E-state index >= 15 is 0 Å². The molecule has 3 N–H and O–H groups in total. The molecule has 0 saturated carbocycles. The first-order valence-electron chi connectivity index (χ1n) is 7.03. The summed E-state index contributed by atoms with van der Waals surface area (Å²) in [4.78, 5) is 6.42. The number of piperidine rings is 1. The van der Waals surface area contributed by atoms with E-state index in [0.29, 0.717) is 16.5 Å². The maximum Gasteiger partial charge on any atom is 0.191 e. The molecule has 0 spiro atoms. The molecule has 1 aliphatic rings. The molecule has 0 aromatic heterocycles. The Kier molecular flexibility index (Phi) is 4.89. The molecule has 0 bridgehead atoms. The summed E-state index contributed by atoms with van der Waals surface area (Å²) in [6.45, 7) is 3.81. The number of likely N-dealkylation sites (tertiary alicyclic amines) is 1. The quantitative estimate of drug-likeness (QED) is 0.665. The van der Waals surface area contributed by atoms with E-state index in [2.05, 4.69) is 9.89 Å². The van der Waals surface area contributed by atoms with Gasteiger partial charge in [0.05, 0.1) is 6.54 Å². The number of aliphatic imine (C=N–C) groups is 1. The molecule has 1 aromatic rings. The topological polar surface area (TPSA) is 61.9 Å². The molecule has 1 atom stereocenters. The number of benzene rings is 1. The van der Waals surface area contributed by atoms with E-state index in [1.165, 1.54) is 6.42 Å². The van der Waals surface area contributed by atoms with Crippen LogP contribution in [0.3, 0.4) is 0 Å². The fourth-order valence-corrected chi connectivity index (χ4v) is 2.78. The van der Waals surface area contributed by atoms with Crippen molar-refractivity contribution >= 4 is 17.6 Å². The van der Waals surface area contributed by atoms with E-state index in [9.17, 15) is 5.11 Å². The monoisotopic (exact) mass is 295 g/mol. The Balaban J connectivity index is 2.06. The second-order valence-electron chi connectivity index (χ2n) is 5.48. The summed E-state index contributed by atoms with van der Waals surface area (Å²) in [6, 6.07) is 7.28. The summed E-state index contributed by atoms with van der Waals surface area (Å²) in [7, 11) is 0. The third-order valence-corrected chi connectivity index (χ3v) is 4.01. The highest BCUT2D eigenvalue weighted by Crippen LogP contribution is 2.28. The van der Waals surface area contributed by atoms with Crippen LogP contribution in [0.25, 0.3) is 0 Å². The van der Waals surface area contributed by atoms with Crippen molar-refractivity contribution < 1.29 is 5.11 Å². The van der Waals surface area contributed by atoms with Gasteiger partial charge in [-0.05, 0) is 32.3 Å². The fraction of sp³-hybridized carbons (Fsp3) is 0.533. The number of hydrogen-bond donors (Lipinski definition) is 2. The van der Waals surface area contributed by atoms with Gasteiger partial charge in [0.25, 0.3) is 0 Å². The Morgan fingerprint density at radius 2 is 2.00 bits per heavy atom. The lowest BCUT2D eigenvalue weighted by atomic mass is 9.96. The minimum atomic E-state index is -1.11. The van der Waals surface area contributed by atoms with Crippen LogP contribution in [0.5, 0.6) is 0 Å². The molecule has 110 valence electrons.